The van der Waals surface area contributed by atoms with E-state index in [1.807, 2.05) is 24.4 Å². The molecule has 5 rings (SSSR count). The van der Waals surface area contributed by atoms with Crippen molar-refractivity contribution in [2.45, 2.75) is 13.0 Å². The lowest BCUT2D eigenvalue weighted by atomic mass is 9.99. The van der Waals surface area contributed by atoms with Crippen LogP contribution in [0.5, 0.6) is 11.5 Å². The maximum atomic E-state index is 6.56. The quantitative estimate of drug-likeness (QED) is 0.444. The molecule has 158 valence electrons. The van der Waals surface area contributed by atoms with Crippen LogP contribution in [0.3, 0.4) is 0 Å². The molecule has 31 heavy (non-hydrogen) atoms. The lowest BCUT2D eigenvalue weighted by Gasteiger charge is -2.26. The first-order valence-corrected chi connectivity index (χ1v) is 10.6. The standard InChI is InChI=1S/C24H23ClN4O2/c1-30-20-5-6-21(31-2)22-18(20)12-16(23(25)28-22)14-29-10-7-15(8-11-29)19-13-27-24-17(19)4-3-9-26-24/h3-7,9,12-13H,8,10-11,14H2,1-2H3,(H,26,27). The number of H-pyrrole nitrogens is 1. The zero-order valence-electron chi connectivity index (χ0n) is 17.5. The average molecular weight is 435 g/mol. The van der Waals surface area contributed by atoms with Gasteiger partial charge in [0.25, 0.3) is 0 Å². The van der Waals surface area contributed by atoms with Crippen molar-refractivity contribution in [2.75, 3.05) is 27.3 Å². The van der Waals surface area contributed by atoms with Gasteiger partial charge in [-0.05, 0) is 42.3 Å². The highest BCUT2D eigenvalue weighted by molar-refractivity contribution is 6.30. The van der Waals surface area contributed by atoms with E-state index in [9.17, 15) is 0 Å². The van der Waals surface area contributed by atoms with E-state index < -0.39 is 0 Å². The predicted octanol–water partition coefficient (Wildman–Crippen LogP) is 5.07. The normalized spacial score (nSPS) is 14.7. The molecule has 0 fully saturated rings. The Labute approximate surface area is 185 Å². The maximum Gasteiger partial charge on any atom is 0.145 e. The van der Waals surface area contributed by atoms with Gasteiger partial charge in [-0.3, -0.25) is 4.90 Å². The van der Waals surface area contributed by atoms with Crippen LogP contribution in [0.15, 0.2) is 48.8 Å². The van der Waals surface area contributed by atoms with Crippen LogP contribution >= 0.6 is 11.6 Å². The Kier molecular flexibility index (Phi) is 5.26. The second-order valence-corrected chi connectivity index (χ2v) is 7.98. The minimum Gasteiger partial charge on any atom is -0.496 e. The second-order valence-electron chi connectivity index (χ2n) is 7.62. The van der Waals surface area contributed by atoms with Crippen molar-refractivity contribution in [1.29, 1.82) is 0 Å². The van der Waals surface area contributed by atoms with E-state index in [0.29, 0.717) is 16.4 Å². The van der Waals surface area contributed by atoms with Crippen LogP contribution in [0.1, 0.15) is 17.5 Å². The lowest BCUT2D eigenvalue weighted by Crippen LogP contribution is -2.28. The lowest BCUT2D eigenvalue weighted by molar-refractivity contribution is 0.294. The van der Waals surface area contributed by atoms with E-state index in [4.69, 9.17) is 21.1 Å². The molecular formula is C24H23ClN4O2. The molecule has 1 aromatic carbocycles. The SMILES string of the molecule is COc1ccc(OC)c2nc(Cl)c(CN3CC=C(c4c[nH]c5ncccc45)CC3)cc12. The third-order valence-corrected chi connectivity index (χ3v) is 6.18. The van der Waals surface area contributed by atoms with Gasteiger partial charge in [0.05, 0.1) is 14.2 Å². The largest absolute Gasteiger partial charge is 0.496 e. The second kappa shape index (κ2) is 8.21. The van der Waals surface area contributed by atoms with Crippen molar-refractivity contribution >= 4 is 39.1 Å². The summed E-state index contributed by atoms with van der Waals surface area (Å²) in [6.07, 6.45) is 7.14. The molecule has 0 saturated heterocycles. The topological polar surface area (TPSA) is 63.3 Å². The first kappa shape index (κ1) is 19.8. The molecule has 4 aromatic rings. The predicted molar refractivity (Wildman–Crippen MR) is 124 cm³/mol. The smallest absolute Gasteiger partial charge is 0.145 e. The van der Waals surface area contributed by atoms with Crippen LogP contribution in [0.25, 0.3) is 27.5 Å². The van der Waals surface area contributed by atoms with Gasteiger partial charge in [0, 0.05) is 53.9 Å². The van der Waals surface area contributed by atoms with Gasteiger partial charge in [-0.2, -0.15) is 0 Å². The summed E-state index contributed by atoms with van der Waals surface area (Å²) >= 11 is 6.56. The number of aromatic nitrogens is 3. The molecule has 1 aliphatic rings. The summed E-state index contributed by atoms with van der Waals surface area (Å²) < 4.78 is 11.0. The zero-order chi connectivity index (χ0) is 21.4. The molecule has 0 aliphatic carbocycles. The number of fused-ring (bicyclic) bond motifs is 2. The number of nitrogens with one attached hydrogen (secondary N) is 1. The third-order valence-electron chi connectivity index (χ3n) is 5.86. The van der Waals surface area contributed by atoms with Gasteiger partial charge in [-0.1, -0.05) is 17.7 Å². The Bertz CT molecular complexity index is 1300. The molecule has 0 saturated carbocycles. The molecule has 1 N–H and O–H groups in total. The van der Waals surface area contributed by atoms with Crippen molar-refractivity contribution in [3.05, 3.63) is 65.1 Å². The summed E-state index contributed by atoms with van der Waals surface area (Å²) in [5, 5.41) is 2.57. The Morgan fingerprint density at radius 1 is 1.13 bits per heavy atom. The van der Waals surface area contributed by atoms with Gasteiger partial charge in [0.15, 0.2) is 0 Å². The van der Waals surface area contributed by atoms with E-state index in [0.717, 1.165) is 48.4 Å². The van der Waals surface area contributed by atoms with Crippen LogP contribution in [0.2, 0.25) is 5.15 Å². The molecule has 0 atom stereocenters. The summed E-state index contributed by atoms with van der Waals surface area (Å²) in [4.78, 5) is 14.7. The van der Waals surface area contributed by atoms with Crippen molar-refractivity contribution < 1.29 is 9.47 Å². The van der Waals surface area contributed by atoms with Gasteiger partial charge < -0.3 is 14.5 Å². The van der Waals surface area contributed by atoms with Gasteiger partial charge >= 0.3 is 0 Å². The van der Waals surface area contributed by atoms with Crippen molar-refractivity contribution in [3.8, 4) is 11.5 Å². The molecule has 1 aliphatic heterocycles. The molecular weight excluding hydrogens is 412 g/mol. The third kappa shape index (κ3) is 3.62. The van der Waals surface area contributed by atoms with Crippen LogP contribution in [0, 0.1) is 0 Å². The van der Waals surface area contributed by atoms with Crippen molar-refractivity contribution in [2.24, 2.45) is 0 Å². The molecule has 3 aromatic heterocycles. The van der Waals surface area contributed by atoms with Crippen LogP contribution < -0.4 is 9.47 Å². The summed E-state index contributed by atoms with van der Waals surface area (Å²) in [6, 6.07) is 9.90. The summed E-state index contributed by atoms with van der Waals surface area (Å²) in [6.45, 7) is 2.52. The fraction of sp³-hybridized carbons (Fsp3) is 0.250. The number of methoxy groups -OCH3 is 2. The van der Waals surface area contributed by atoms with Gasteiger partial charge in [0.2, 0.25) is 0 Å². The minimum absolute atomic E-state index is 0.497. The first-order chi connectivity index (χ1) is 15.2. The number of pyridine rings is 2. The number of ether oxygens (including phenoxy) is 2. The molecule has 0 bridgehead atoms. The number of hydrogen-bond donors (Lipinski definition) is 1. The molecule has 4 heterocycles. The highest BCUT2D eigenvalue weighted by Crippen LogP contribution is 2.35. The van der Waals surface area contributed by atoms with Crippen molar-refractivity contribution in [1.82, 2.24) is 19.9 Å². The molecule has 7 heteroatoms. The van der Waals surface area contributed by atoms with Crippen LogP contribution in [-0.2, 0) is 6.54 Å². The summed E-state index contributed by atoms with van der Waals surface area (Å²) in [5.41, 5.74) is 5.21. The molecule has 0 spiro atoms. The fourth-order valence-electron chi connectivity index (χ4n) is 4.24. The maximum absolute atomic E-state index is 6.56. The number of aromatic amines is 1. The zero-order valence-corrected chi connectivity index (χ0v) is 18.2. The first-order valence-electron chi connectivity index (χ1n) is 10.2. The molecule has 0 radical (unpaired) electrons. The number of nitrogens with zero attached hydrogens (tertiary/aromatic N) is 3. The Morgan fingerprint density at radius 3 is 2.74 bits per heavy atom. The Balaban J connectivity index is 1.40. The summed E-state index contributed by atoms with van der Waals surface area (Å²) in [5.74, 6) is 1.44. The minimum atomic E-state index is 0.497. The highest BCUT2D eigenvalue weighted by Gasteiger charge is 2.19. The number of rotatable bonds is 5. The van der Waals surface area contributed by atoms with Crippen LogP contribution in [0.4, 0.5) is 0 Å². The van der Waals surface area contributed by atoms with Crippen molar-refractivity contribution in [3.63, 3.8) is 0 Å². The Morgan fingerprint density at radius 2 is 1.97 bits per heavy atom. The average Bonchev–Trinajstić information content (AvgIpc) is 3.23. The molecule has 0 amide bonds. The van der Waals surface area contributed by atoms with E-state index in [1.54, 1.807) is 14.2 Å². The van der Waals surface area contributed by atoms with Gasteiger partial charge in [-0.15, -0.1) is 0 Å². The summed E-state index contributed by atoms with van der Waals surface area (Å²) in [7, 11) is 3.29. The Hall–Kier alpha value is -3.09. The molecule has 0 unspecified atom stereocenters. The highest BCUT2D eigenvalue weighted by atomic mass is 35.5. The number of benzene rings is 1. The number of hydrogen-bond acceptors (Lipinski definition) is 5. The van der Waals surface area contributed by atoms with E-state index in [2.05, 4.69) is 44.3 Å². The monoisotopic (exact) mass is 434 g/mol. The fourth-order valence-corrected chi connectivity index (χ4v) is 4.44. The van der Waals surface area contributed by atoms with E-state index in [-0.39, 0.29) is 0 Å². The van der Waals surface area contributed by atoms with Gasteiger partial charge in [-0.25, -0.2) is 9.97 Å². The number of halogens is 1. The van der Waals surface area contributed by atoms with E-state index in [1.165, 1.54) is 16.5 Å². The van der Waals surface area contributed by atoms with Crippen LogP contribution in [-0.4, -0.2) is 47.2 Å². The van der Waals surface area contributed by atoms with Gasteiger partial charge in [0.1, 0.15) is 27.8 Å². The molecule has 6 nitrogen and oxygen atoms in total. The van der Waals surface area contributed by atoms with E-state index >= 15 is 0 Å².